The fourth-order valence-corrected chi connectivity index (χ4v) is 3.46. The van der Waals surface area contributed by atoms with Crippen LogP contribution in [0.4, 0.5) is 10.6 Å². The summed E-state index contributed by atoms with van der Waals surface area (Å²) >= 11 is 0. The number of nitrogens with zero attached hydrogens (tertiary/aromatic N) is 2. The smallest absolute Gasteiger partial charge is 0.411 e. The number of anilines is 1. The summed E-state index contributed by atoms with van der Waals surface area (Å²) in [4.78, 5) is 28.3. The Morgan fingerprint density at radius 2 is 1.77 bits per heavy atom. The zero-order valence-corrected chi connectivity index (χ0v) is 16.7. The van der Waals surface area contributed by atoms with Crippen LogP contribution in [0.3, 0.4) is 0 Å². The van der Waals surface area contributed by atoms with E-state index in [2.05, 4.69) is 16.9 Å². The Morgan fingerprint density at radius 1 is 1.06 bits per heavy atom. The van der Waals surface area contributed by atoms with Gasteiger partial charge in [-0.05, 0) is 17.7 Å². The zero-order chi connectivity index (χ0) is 22.0. The number of amides is 2. The maximum Gasteiger partial charge on any atom is 0.411 e. The normalized spacial score (nSPS) is 10.8. The fourth-order valence-electron chi connectivity index (χ4n) is 3.46. The summed E-state index contributed by atoms with van der Waals surface area (Å²) in [6.07, 6.45) is -0.599. The molecule has 8 nitrogen and oxygen atoms in total. The van der Waals surface area contributed by atoms with Gasteiger partial charge < -0.3 is 20.8 Å². The number of carbonyl (C=O) groups excluding carboxylic acids is 2. The summed E-state index contributed by atoms with van der Waals surface area (Å²) in [7, 11) is 0. The Bertz CT molecular complexity index is 1310. The van der Waals surface area contributed by atoms with Crippen molar-refractivity contribution in [1.82, 2.24) is 14.9 Å². The fraction of sp³-hybridized carbons (Fsp3) is 0.0870. The van der Waals surface area contributed by atoms with Gasteiger partial charge in [0, 0.05) is 16.5 Å². The number of hydrogen-bond acceptors (Lipinski definition) is 5. The van der Waals surface area contributed by atoms with Crippen LogP contribution in [0.25, 0.3) is 21.9 Å². The number of rotatable bonds is 6. The molecule has 0 saturated heterocycles. The highest BCUT2D eigenvalue weighted by Crippen LogP contribution is 2.30. The van der Waals surface area contributed by atoms with Gasteiger partial charge in [-0.1, -0.05) is 55.1 Å². The van der Waals surface area contributed by atoms with Gasteiger partial charge >= 0.3 is 6.09 Å². The summed E-state index contributed by atoms with van der Waals surface area (Å²) in [5.41, 5.74) is 14.2. The summed E-state index contributed by atoms with van der Waals surface area (Å²) in [6, 6.07) is 18.6. The van der Waals surface area contributed by atoms with E-state index in [0.29, 0.717) is 11.3 Å². The number of fused-ring (bicyclic) bond motifs is 3. The molecule has 0 aliphatic heterocycles. The van der Waals surface area contributed by atoms with Crippen LogP contribution in [0.1, 0.15) is 15.9 Å². The van der Waals surface area contributed by atoms with E-state index in [4.69, 9.17) is 16.2 Å². The molecule has 2 aromatic carbocycles. The van der Waals surface area contributed by atoms with E-state index >= 15 is 0 Å². The van der Waals surface area contributed by atoms with Crippen LogP contribution in [0.5, 0.6) is 0 Å². The first kappa shape index (κ1) is 20.0. The standard InChI is InChI=1S/C23H21N5O3/c1-14(26-23(30)31-13-15-7-3-2-4-8-15)12-28-19-10-6-5-9-16(19)17-11-18(21(25)29)20(24)27-22(17)28/h2-11H,1,12-13H2,(H2,24,27)(H2,25,29)(H,26,30). The summed E-state index contributed by atoms with van der Waals surface area (Å²) in [5, 5.41) is 4.27. The Kier molecular flexibility index (Phi) is 5.28. The van der Waals surface area contributed by atoms with Gasteiger partial charge in [0.2, 0.25) is 0 Å². The second-order valence-corrected chi connectivity index (χ2v) is 7.05. The number of nitrogen functional groups attached to an aromatic ring is 1. The monoisotopic (exact) mass is 415 g/mol. The van der Waals surface area contributed by atoms with Crippen LogP contribution >= 0.6 is 0 Å². The molecule has 31 heavy (non-hydrogen) atoms. The van der Waals surface area contributed by atoms with Crippen molar-refractivity contribution in [1.29, 1.82) is 0 Å². The Labute approximate surface area is 178 Å². The average Bonchev–Trinajstić information content (AvgIpc) is 3.05. The maximum atomic E-state index is 12.2. The molecule has 0 atom stereocenters. The molecule has 0 saturated carbocycles. The number of carbonyl (C=O) groups is 2. The summed E-state index contributed by atoms with van der Waals surface area (Å²) in [5.74, 6) is -0.596. The summed E-state index contributed by atoms with van der Waals surface area (Å²) < 4.78 is 7.11. The number of pyridine rings is 1. The third-order valence-electron chi connectivity index (χ3n) is 4.88. The van der Waals surface area contributed by atoms with Gasteiger partial charge in [0.05, 0.1) is 17.6 Å². The second kappa shape index (κ2) is 8.19. The molecule has 0 unspecified atom stereocenters. The topological polar surface area (TPSA) is 125 Å². The minimum absolute atomic E-state index is 0.0462. The SMILES string of the molecule is C=C(Cn1c2ccccc2c2cc(C(N)=O)c(N)nc21)NC(=O)OCc1ccccc1. The molecule has 156 valence electrons. The molecule has 2 aromatic heterocycles. The maximum absolute atomic E-state index is 12.2. The van der Waals surface area contributed by atoms with Crippen molar-refractivity contribution in [3.05, 3.63) is 84.1 Å². The van der Waals surface area contributed by atoms with Crippen molar-refractivity contribution in [3.63, 3.8) is 0 Å². The van der Waals surface area contributed by atoms with E-state index in [1.54, 1.807) is 6.07 Å². The molecule has 0 radical (unpaired) electrons. The molecule has 0 spiro atoms. The lowest BCUT2D eigenvalue weighted by Gasteiger charge is -2.12. The molecule has 8 heteroatoms. The van der Waals surface area contributed by atoms with Crippen molar-refractivity contribution in [3.8, 4) is 0 Å². The number of ether oxygens (including phenoxy) is 1. The molecule has 2 heterocycles. The third-order valence-corrected chi connectivity index (χ3v) is 4.88. The minimum atomic E-state index is -0.643. The molecule has 5 N–H and O–H groups in total. The largest absolute Gasteiger partial charge is 0.444 e. The number of hydrogen-bond donors (Lipinski definition) is 3. The molecular formula is C23H21N5O3. The first-order valence-corrected chi connectivity index (χ1v) is 9.57. The van der Waals surface area contributed by atoms with Gasteiger partial charge in [-0.15, -0.1) is 0 Å². The molecule has 0 aliphatic carbocycles. The average molecular weight is 415 g/mol. The van der Waals surface area contributed by atoms with E-state index in [-0.39, 0.29) is 24.5 Å². The highest BCUT2D eigenvalue weighted by atomic mass is 16.5. The Hall–Kier alpha value is -4.33. The predicted molar refractivity (Wildman–Crippen MR) is 119 cm³/mol. The van der Waals surface area contributed by atoms with E-state index in [0.717, 1.165) is 21.9 Å². The zero-order valence-electron chi connectivity index (χ0n) is 16.7. The third kappa shape index (κ3) is 4.04. The lowest BCUT2D eigenvalue weighted by molar-refractivity contribution is 0.100. The van der Waals surface area contributed by atoms with Gasteiger partial charge in [0.15, 0.2) is 0 Å². The van der Waals surface area contributed by atoms with Gasteiger partial charge in [-0.3, -0.25) is 10.1 Å². The highest BCUT2D eigenvalue weighted by Gasteiger charge is 2.17. The number of aromatic nitrogens is 2. The number of nitrogens with one attached hydrogen (secondary N) is 1. The highest BCUT2D eigenvalue weighted by molar-refractivity contribution is 6.10. The number of alkyl carbamates (subject to hydrolysis) is 1. The van der Waals surface area contributed by atoms with Crippen molar-refractivity contribution in [2.45, 2.75) is 13.2 Å². The van der Waals surface area contributed by atoms with E-state index in [9.17, 15) is 9.59 Å². The molecular weight excluding hydrogens is 394 g/mol. The predicted octanol–water partition coefficient (Wildman–Crippen LogP) is 3.31. The molecule has 4 rings (SSSR count). The quantitative estimate of drug-likeness (QED) is 0.445. The molecule has 4 aromatic rings. The van der Waals surface area contributed by atoms with Gasteiger partial charge in [-0.2, -0.15) is 0 Å². The Balaban J connectivity index is 1.58. The van der Waals surface area contributed by atoms with Crippen molar-refractivity contribution in [2.75, 3.05) is 5.73 Å². The minimum Gasteiger partial charge on any atom is -0.444 e. The number of para-hydroxylation sites is 1. The number of primary amides is 1. The van der Waals surface area contributed by atoms with E-state index < -0.39 is 12.0 Å². The van der Waals surface area contributed by atoms with Crippen LogP contribution < -0.4 is 16.8 Å². The molecule has 2 amide bonds. The Morgan fingerprint density at radius 3 is 2.52 bits per heavy atom. The van der Waals surface area contributed by atoms with E-state index in [1.165, 1.54) is 0 Å². The first-order valence-electron chi connectivity index (χ1n) is 9.57. The second-order valence-electron chi connectivity index (χ2n) is 7.05. The van der Waals surface area contributed by atoms with Crippen LogP contribution in [-0.2, 0) is 17.9 Å². The van der Waals surface area contributed by atoms with Crippen LogP contribution in [0.15, 0.2) is 72.9 Å². The molecule has 0 bridgehead atoms. The number of nitrogens with two attached hydrogens (primary N) is 2. The molecule has 0 fully saturated rings. The van der Waals surface area contributed by atoms with Crippen molar-refractivity contribution < 1.29 is 14.3 Å². The molecule has 0 aliphatic rings. The first-order chi connectivity index (χ1) is 14.9. The van der Waals surface area contributed by atoms with Gasteiger partial charge in [0.1, 0.15) is 18.1 Å². The number of benzene rings is 2. The number of allylic oxidation sites excluding steroid dienone is 1. The van der Waals surface area contributed by atoms with Gasteiger partial charge in [0.25, 0.3) is 5.91 Å². The van der Waals surface area contributed by atoms with Crippen molar-refractivity contribution >= 4 is 39.8 Å². The van der Waals surface area contributed by atoms with Crippen LogP contribution in [0, 0.1) is 0 Å². The lowest BCUT2D eigenvalue weighted by atomic mass is 10.1. The van der Waals surface area contributed by atoms with E-state index in [1.807, 2.05) is 59.2 Å². The lowest BCUT2D eigenvalue weighted by Crippen LogP contribution is -2.25. The van der Waals surface area contributed by atoms with Crippen molar-refractivity contribution in [2.24, 2.45) is 5.73 Å². The van der Waals surface area contributed by atoms with Gasteiger partial charge in [-0.25, -0.2) is 9.78 Å². The summed E-state index contributed by atoms with van der Waals surface area (Å²) in [6.45, 7) is 4.34. The van der Waals surface area contributed by atoms with Crippen LogP contribution in [0.2, 0.25) is 0 Å². The van der Waals surface area contributed by atoms with Crippen LogP contribution in [-0.4, -0.2) is 21.6 Å².